The fraction of sp³-hybridized carbons (Fsp3) is 0.733. The Morgan fingerprint density at radius 3 is 2.95 bits per heavy atom. The third kappa shape index (κ3) is 2.36. The first-order valence-electron chi connectivity index (χ1n) is 7.89. The predicted molar refractivity (Wildman–Crippen MR) is 74.6 cm³/mol. The lowest BCUT2D eigenvalue weighted by Crippen LogP contribution is -2.45. The minimum absolute atomic E-state index is 0.0744. The van der Waals surface area contributed by atoms with Gasteiger partial charge in [0.1, 0.15) is 11.5 Å². The Morgan fingerprint density at radius 2 is 2.29 bits per heavy atom. The van der Waals surface area contributed by atoms with Gasteiger partial charge in [0.2, 0.25) is 5.91 Å². The van der Waals surface area contributed by atoms with Gasteiger partial charge in [-0.2, -0.15) is 0 Å². The van der Waals surface area contributed by atoms with Crippen molar-refractivity contribution >= 4 is 5.91 Å². The summed E-state index contributed by atoms with van der Waals surface area (Å²) >= 11 is 0. The van der Waals surface area contributed by atoms with E-state index in [1.165, 1.54) is 19.3 Å². The van der Waals surface area contributed by atoms with Crippen LogP contribution in [0, 0.1) is 0 Å². The molecule has 1 saturated heterocycles. The molecule has 1 aliphatic carbocycles. The van der Waals surface area contributed by atoms with Crippen LogP contribution in [0.5, 0.6) is 0 Å². The molecular weight excluding hydrogens is 270 g/mol. The minimum Gasteiger partial charge on any atom is -0.445 e. The average molecular weight is 291 g/mol. The van der Waals surface area contributed by atoms with Crippen LogP contribution in [0.2, 0.25) is 0 Å². The van der Waals surface area contributed by atoms with Crippen molar-refractivity contribution in [3.8, 4) is 0 Å². The molecule has 114 valence electrons. The molecule has 2 aliphatic heterocycles. The van der Waals surface area contributed by atoms with Gasteiger partial charge in [0.05, 0.1) is 18.7 Å². The number of carbonyl (C=O) groups excluding carboxylic acids is 1. The van der Waals surface area contributed by atoms with Crippen LogP contribution in [-0.4, -0.2) is 46.1 Å². The van der Waals surface area contributed by atoms with Gasteiger partial charge in [-0.05, 0) is 19.3 Å². The molecule has 1 aromatic heterocycles. The fourth-order valence-corrected chi connectivity index (χ4v) is 3.36. The molecule has 21 heavy (non-hydrogen) atoms. The molecule has 2 N–H and O–H groups in total. The van der Waals surface area contributed by atoms with Gasteiger partial charge in [-0.1, -0.05) is 6.42 Å². The third-order valence-electron chi connectivity index (χ3n) is 4.92. The molecule has 1 aromatic rings. The Balaban J connectivity index is 1.45. The van der Waals surface area contributed by atoms with Crippen molar-refractivity contribution in [3.05, 3.63) is 17.3 Å². The lowest BCUT2D eigenvalue weighted by atomic mass is 9.85. The van der Waals surface area contributed by atoms with Gasteiger partial charge in [-0.25, -0.2) is 4.98 Å². The maximum Gasteiger partial charge on any atom is 0.240 e. The molecule has 0 aromatic carbocycles. The fourth-order valence-electron chi connectivity index (χ4n) is 3.36. The number of rotatable bonds is 2. The summed E-state index contributed by atoms with van der Waals surface area (Å²) in [7, 11) is 0. The van der Waals surface area contributed by atoms with Crippen LogP contribution in [0.3, 0.4) is 0 Å². The number of aliphatic hydroxyl groups is 1. The predicted octanol–water partition coefficient (Wildman–Crippen LogP) is 0.550. The number of aliphatic hydroxyl groups excluding tert-OH is 1. The Labute approximate surface area is 123 Å². The zero-order chi connectivity index (χ0) is 14.4. The van der Waals surface area contributed by atoms with E-state index in [4.69, 9.17) is 4.42 Å². The maximum atomic E-state index is 12.5. The van der Waals surface area contributed by atoms with Gasteiger partial charge < -0.3 is 19.7 Å². The van der Waals surface area contributed by atoms with Gasteiger partial charge in [0.15, 0.2) is 5.89 Å². The minimum atomic E-state index is -0.406. The maximum absolute atomic E-state index is 12.5. The molecule has 1 amide bonds. The van der Waals surface area contributed by atoms with E-state index in [9.17, 15) is 9.90 Å². The van der Waals surface area contributed by atoms with Crippen molar-refractivity contribution in [1.82, 2.24) is 15.2 Å². The van der Waals surface area contributed by atoms with Crippen LogP contribution in [0.1, 0.15) is 48.9 Å². The van der Waals surface area contributed by atoms with Crippen molar-refractivity contribution in [3.63, 3.8) is 0 Å². The number of aromatic nitrogens is 1. The Hall–Kier alpha value is -1.40. The van der Waals surface area contributed by atoms with Crippen molar-refractivity contribution in [1.29, 1.82) is 0 Å². The summed E-state index contributed by atoms with van der Waals surface area (Å²) in [5.74, 6) is 2.40. The first-order chi connectivity index (χ1) is 10.2. The summed E-state index contributed by atoms with van der Waals surface area (Å²) < 4.78 is 5.88. The number of fused-ring (bicyclic) bond motifs is 1. The summed E-state index contributed by atoms with van der Waals surface area (Å²) in [5.41, 5.74) is 0.926. The number of hydrogen-bond acceptors (Lipinski definition) is 5. The van der Waals surface area contributed by atoms with Gasteiger partial charge in [-0.3, -0.25) is 4.79 Å². The summed E-state index contributed by atoms with van der Waals surface area (Å²) in [6, 6.07) is -0.250. The number of β-amino-alcohol motifs (C(OH)–C–C–N with tert-alkyl or cyclic N) is 1. The highest BCUT2D eigenvalue weighted by Gasteiger charge is 2.35. The smallest absolute Gasteiger partial charge is 0.240 e. The Bertz CT molecular complexity index is 552. The first-order valence-corrected chi connectivity index (χ1v) is 7.89. The monoisotopic (exact) mass is 291 g/mol. The van der Waals surface area contributed by atoms with Crippen LogP contribution in [0.15, 0.2) is 4.42 Å². The van der Waals surface area contributed by atoms with E-state index in [0.29, 0.717) is 32.0 Å². The standard InChI is InChI=1S/C15H21N3O3/c19-10-6-11(16-7-10)15(20)18-5-4-13-12(8-18)17-14(21-13)9-2-1-3-9/h9-11,16,19H,1-8H2/t10-,11-/m1/s1. The van der Waals surface area contributed by atoms with Crippen LogP contribution in [0.4, 0.5) is 0 Å². The number of carbonyl (C=O) groups is 1. The highest BCUT2D eigenvalue weighted by Crippen LogP contribution is 2.37. The van der Waals surface area contributed by atoms with E-state index >= 15 is 0 Å². The summed E-state index contributed by atoms with van der Waals surface area (Å²) in [4.78, 5) is 18.9. The summed E-state index contributed by atoms with van der Waals surface area (Å²) in [6.07, 6.45) is 4.46. The molecule has 6 heteroatoms. The van der Waals surface area contributed by atoms with Crippen LogP contribution >= 0.6 is 0 Å². The molecule has 0 unspecified atom stereocenters. The largest absolute Gasteiger partial charge is 0.445 e. The van der Waals surface area contributed by atoms with E-state index < -0.39 is 6.10 Å². The number of nitrogens with one attached hydrogen (secondary N) is 1. The van der Waals surface area contributed by atoms with E-state index in [-0.39, 0.29) is 11.9 Å². The molecule has 0 spiro atoms. The molecule has 2 fully saturated rings. The molecule has 1 saturated carbocycles. The zero-order valence-corrected chi connectivity index (χ0v) is 12.0. The molecule has 4 rings (SSSR count). The quantitative estimate of drug-likeness (QED) is 0.832. The second-order valence-corrected chi connectivity index (χ2v) is 6.41. The number of hydrogen-bond donors (Lipinski definition) is 2. The van der Waals surface area contributed by atoms with Gasteiger partial charge >= 0.3 is 0 Å². The Morgan fingerprint density at radius 1 is 1.43 bits per heavy atom. The lowest BCUT2D eigenvalue weighted by molar-refractivity contribution is -0.134. The Kier molecular flexibility index (Phi) is 3.23. The molecule has 2 atom stereocenters. The van der Waals surface area contributed by atoms with Crippen molar-refractivity contribution in [2.24, 2.45) is 0 Å². The normalized spacial score (nSPS) is 29.3. The number of nitrogens with zero attached hydrogens (tertiary/aromatic N) is 2. The number of oxazole rings is 1. The lowest BCUT2D eigenvalue weighted by Gasteiger charge is -2.27. The molecule has 3 heterocycles. The molecule has 6 nitrogen and oxygen atoms in total. The van der Waals surface area contributed by atoms with Crippen molar-refractivity contribution in [2.75, 3.05) is 13.1 Å². The molecule has 0 bridgehead atoms. The topological polar surface area (TPSA) is 78.6 Å². The van der Waals surface area contributed by atoms with Crippen LogP contribution in [0.25, 0.3) is 0 Å². The summed E-state index contributed by atoms with van der Waals surface area (Å²) in [6.45, 7) is 1.73. The van der Waals surface area contributed by atoms with E-state index in [1.807, 2.05) is 4.90 Å². The van der Waals surface area contributed by atoms with E-state index in [1.54, 1.807) is 0 Å². The van der Waals surface area contributed by atoms with Crippen LogP contribution in [-0.2, 0) is 17.8 Å². The van der Waals surface area contributed by atoms with Crippen LogP contribution < -0.4 is 5.32 Å². The van der Waals surface area contributed by atoms with Gasteiger partial charge in [-0.15, -0.1) is 0 Å². The SMILES string of the molecule is O=C([C@H]1C[C@@H](O)CN1)N1CCc2oc(C3CCC3)nc2C1. The third-order valence-corrected chi connectivity index (χ3v) is 4.92. The highest BCUT2D eigenvalue weighted by molar-refractivity contribution is 5.82. The van der Waals surface area contributed by atoms with E-state index in [0.717, 1.165) is 23.8 Å². The highest BCUT2D eigenvalue weighted by atomic mass is 16.4. The second kappa shape index (κ2) is 5.10. The molecular formula is C15H21N3O3. The average Bonchev–Trinajstić information content (AvgIpc) is 3.01. The number of amides is 1. The van der Waals surface area contributed by atoms with Gasteiger partial charge in [0, 0.05) is 25.4 Å². The zero-order valence-electron chi connectivity index (χ0n) is 12.0. The first kappa shape index (κ1) is 13.3. The van der Waals surface area contributed by atoms with Crippen molar-refractivity contribution in [2.45, 2.75) is 56.7 Å². The van der Waals surface area contributed by atoms with E-state index in [2.05, 4.69) is 10.3 Å². The van der Waals surface area contributed by atoms with Crippen molar-refractivity contribution < 1.29 is 14.3 Å². The second-order valence-electron chi connectivity index (χ2n) is 6.41. The molecule has 3 aliphatic rings. The molecule has 0 radical (unpaired) electrons. The summed E-state index contributed by atoms with van der Waals surface area (Å²) in [5, 5.41) is 12.6. The van der Waals surface area contributed by atoms with Gasteiger partial charge in [0.25, 0.3) is 0 Å².